The molecule has 176 valence electrons. The number of benzene rings is 3. The maximum Gasteiger partial charge on any atom is 0.410 e. The smallest absolute Gasteiger partial charge is 0.410 e. The van der Waals surface area contributed by atoms with Gasteiger partial charge in [0.25, 0.3) is 5.91 Å². The highest BCUT2D eigenvalue weighted by molar-refractivity contribution is 6.24. The highest BCUT2D eigenvalue weighted by Crippen LogP contribution is 2.35. The quantitative estimate of drug-likeness (QED) is 0.510. The minimum absolute atomic E-state index is 0.0148. The van der Waals surface area contributed by atoms with E-state index in [4.69, 9.17) is 4.74 Å². The minimum atomic E-state index is -0.448. The third-order valence-electron chi connectivity index (χ3n) is 6.83. The molecule has 1 fully saturated rings. The molecule has 0 unspecified atom stereocenters. The maximum absolute atomic E-state index is 12.3. The van der Waals surface area contributed by atoms with Gasteiger partial charge in [-0.15, -0.1) is 0 Å². The molecule has 0 saturated carbocycles. The van der Waals surface area contributed by atoms with Crippen LogP contribution >= 0.6 is 0 Å². The van der Waals surface area contributed by atoms with Crippen LogP contribution in [0.3, 0.4) is 0 Å². The van der Waals surface area contributed by atoms with E-state index in [1.807, 2.05) is 43.9 Å². The molecule has 0 aromatic heterocycles. The van der Waals surface area contributed by atoms with Gasteiger partial charge in [-0.05, 0) is 86.6 Å². The van der Waals surface area contributed by atoms with Crippen LogP contribution in [0.2, 0.25) is 0 Å². The number of nitrogens with zero attached hydrogens (tertiary/aromatic N) is 1. The molecule has 2 aliphatic rings. The average molecular weight is 457 g/mol. The topological polar surface area (TPSA) is 58.6 Å². The van der Waals surface area contributed by atoms with E-state index < -0.39 is 5.60 Å². The molecule has 0 radical (unpaired) electrons. The number of rotatable bonds is 4. The van der Waals surface area contributed by atoms with E-state index in [0.29, 0.717) is 5.92 Å². The zero-order valence-corrected chi connectivity index (χ0v) is 20.2. The van der Waals surface area contributed by atoms with Gasteiger partial charge in [0, 0.05) is 29.7 Å². The molecular weight excluding hydrogens is 424 g/mol. The SMILES string of the molecule is CC(C)(C)OC(=O)N1CCC(Cc2ccc(Cc3ccc4c5c(cccc35)C(=O)N4)cc2)CC1. The number of hydrogen-bond donors (Lipinski definition) is 1. The molecule has 2 aliphatic heterocycles. The summed E-state index contributed by atoms with van der Waals surface area (Å²) in [4.78, 5) is 26.3. The summed E-state index contributed by atoms with van der Waals surface area (Å²) >= 11 is 0. The first kappa shape index (κ1) is 22.5. The number of carbonyl (C=O) groups excluding carboxylic acids is 2. The summed E-state index contributed by atoms with van der Waals surface area (Å²) in [7, 11) is 0. The summed E-state index contributed by atoms with van der Waals surface area (Å²) in [5, 5.41) is 5.15. The van der Waals surface area contributed by atoms with Crippen molar-refractivity contribution in [1.29, 1.82) is 0 Å². The lowest BCUT2D eigenvalue weighted by atomic mass is 9.89. The second kappa shape index (κ2) is 8.79. The minimum Gasteiger partial charge on any atom is -0.444 e. The van der Waals surface area contributed by atoms with Gasteiger partial charge in [0.05, 0.1) is 0 Å². The van der Waals surface area contributed by atoms with Gasteiger partial charge < -0.3 is 15.0 Å². The Morgan fingerprint density at radius 3 is 2.41 bits per heavy atom. The third-order valence-corrected chi connectivity index (χ3v) is 6.83. The van der Waals surface area contributed by atoms with Crippen molar-refractivity contribution in [2.45, 2.75) is 52.1 Å². The number of likely N-dealkylation sites (tertiary alicyclic amines) is 1. The molecule has 3 aromatic carbocycles. The molecule has 2 amide bonds. The Kier molecular flexibility index (Phi) is 5.80. The van der Waals surface area contributed by atoms with Crippen molar-refractivity contribution in [3.8, 4) is 0 Å². The van der Waals surface area contributed by atoms with E-state index in [0.717, 1.165) is 60.8 Å². The van der Waals surface area contributed by atoms with Crippen molar-refractivity contribution in [2.75, 3.05) is 18.4 Å². The predicted octanol–water partition coefficient (Wildman–Crippen LogP) is 6.19. The molecule has 0 atom stereocenters. The fourth-order valence-corrected chi connectivity index (χ4v) is 5.10. The van der Waals surface area contributed by atoms with E-state index >= 15 is 0 Å². The van der Waals surface area contributed by atoms with E-state index in [1.165, 1.54) is 16.7 Å². The highest BCUT2D eigenvalue weighted by Gasteiger charge is 2.27. The van der Waals surface area contributed by atoms with Crippen LogP contribution in [0.5, 0.6) is 0 Å². The van der Waals surface area contributed by atoms with Gasteiger partial charge in [-0.1, -0.05) is 42.5 Å². The van der Waals surface area contributed by atoms with E-state index in [1.54, 1.807) is 0 Å². The molecule has 5 rings (SSSR count). The zero-order valence-electron chi connectivity index (χ0n) is 20.2. The molecule has 1 saturated heterocycles. The van der Waals surface area contributed by atoms with Crippen molar-refractivity contribution in [2.24, 2.45) is 5.92 Å². The Morgan fingerprint density at radius 2 is 1.71 bits per heavy atom. The third kappa shape index (κ3) is 4.65. The van der Waals surface area contributed by atoms with Crippen LogP contribution in [0, 0.1) is 5.92 Å². The second-order valence-electron chi connectivity index (χ2n) is 10.6. The molecule has 0 spiro atoms. The highest BCUT2D eigenvalue weighted by atomic mass is 16.6. The number of anilines is 1. The number of nitrogens with one attached hydrogen (secondary N) is 1. The Balaban J connectivity index is 1.20. The van der Waals surface area contributed by atoms with Crippen LogP contribution in [0.15, 0.2) is 54.6 Å². The van der Waals surface area contributed by atoms with Crippen molar-refractivity contribution in [3.05, 3.63) is 76.9 Å². The standard InChI is InChI=1S/C29H32N2O3/c1-29(2,3)34-28(33)31-15-13-21(14-16-31)17-19-7-9-20(10-8-19)18-22-11-12-25-26-23(22)5-4-6-24(26)27(32)30-25/h4-12,21H,13-18H2,1-3H3,(H,30,32). The molecule has 2 heterocycles. The summed E-state index contributed by atoms with van der Waals surface area (Å²) < 4.78 is 5.51. The van der Waals surface area contributed by atoms with Crippen LogP contribution in [0.4, 0.5) is 10.5 Å². The number of amides is 2. The first-order valence-electron chi connectivity index (χ1n) is 12.2. The van der Waals surface area contributed by atoms with E-state index in [-0.39, 0.29) is 12.0 Å². The summed E-state index contributed by atoms with van der Waals surface area (Å²) in [6.07, 6.45) is 3.70. The molecule has 1 N–H and O–H groups in total. The van der Waals surface area contributed by atoms with Gasteiger partial charge in [-0.25, -0.2) is 4.79 Å². The maximum atomic E-state index is 12.3. The lowest BCUT2D eigenvalue weighted by molar-refractivity contribution is 0.0184. The fourth-order valence-electron chi connectivity index (χ4n) is 5.10. The molecule has 5 heteroatoms. The Bertz CT molecular complexity index is 1230. The van der Waals surface area contributed by atoms with Crippen LogP contribution in [-0.2, 0) is 17.6 Å². The second-order valence-corrected chi connectivity index (χ2v) is 10.6. The van der Waals surface area contributed by atoms with Crippen molar-refractivity contribution < 1.29 is 14.3 Å². The van der Waals surface area contributed by atoms with Crippen molar-refractivity contribution in [3.63, 3.8) is 0 Å². The monoisotopic (exact) mass is 456 g/mol. The van der Waals surface area contributed by atoms with Crippen LogP contribution < -0.4 is 5.32 Å². The van der Waals surface area contributed by atoms with Gasteiger partial charge in [0.15, 0.2) is 0 Å². The van der Waals surface area contributed by atoms with Gasteiger partial charge >= 0.3 is 6.09 Å². The molecule has 3 aromatic rings. The molecular formula is C29H32N2O3. The Labute approximate surface area is 201 Å². The van der Waals surface area contributed by atoms with Crippen LogP contribution in [0.25, 0.3) is 10.8 Å². The summed E-state index contributed by atoms with van der Waals surface area (Å²) in [6.45, 7) is 7.25. The number of carbonyl (C=O) groups is 2. The largest absolute Gasteiger partial charge is 0.444 e. The number of ether oxygens (including phenoxy) is 1. The summed E-state index contributed by atoms with van der Waals surface area (Å²) in [5.74, 6) is 0.574. The summed E-state index contributed by atoms with van der Waals surface area (Å²) in [6, 6.07) is 19.0. The zero-order chi connectivity index (χ0) is 23.9. The number of piperidine rings is 1. The predicted molar refractivity (Wildman–Crippen MR) is 135 cm³/mol. The number of hydrogen-bond acceptors (Lipinski definition) is 3. The lowest BCUT2D eigenvalue weighted by Gasteiger charge is -2.33. The van der Waals surface area contributed by atoms with Crippen molar-refractivity contribution in [1.82, 2.24) is 4.90 Å². The fraction of sp³-hybridized carbons (Fsp3) is 0.379. The average Bonchev–Trinajstić information content (AvgIpc) is 3.13. The molecule has 0 aliphatic carbocycles. The Morgan fingerprint density at radius 1 is 1.00 bits per heavy atom. The van der Waals surface area contributed by atoms with Gasteiger partial charge in [0.1, 0.15) is 5.60 Å². The molecule has 0 bridgehead atoms. The molecule has 5 nitrogen and oxygen atoms in total. The first-order chi connectivity index (χ1) is 16.3. The van der Waals surface area contributed by atoms with E-state index in [9.17, 15) is 9.59 Å². The molecule has 34 heavy (non-hydrogen) atoms. The normalized spacial score (nSPS) is 16.1. The van der Waals surface area contributed by atoms with Crippen LogP contribution in [-0.4, -0.2) is 35.6 Å². The van der Waals surface area contributed by atoms with Gasteiger partial charge in [-0.3, -0.25) is 4.79 Å². The lowest BCUT2D eigenvalue weighted by Crippen LogP contribution is -2.42. The van der Waals surface area contributed by atoms with Gasteiger partial charge in [-0.2, -0.15) is 0 Å². The van der Waals surface area contributed by atoms with E-state index in [2.05, 4.69) is 41.7 Å². The Hall–Kier alpha value is -3.34. The summed E-state index contributed by atoms with van der Waals surface area (Å²) in [5.41, 5.74) is 5.07. The van der Waals surface area contributed by atoms with Crippen LogP contribution in [0.1, 0.15) is 60.7 Å². The van der Waals surface area contributed by atoms with Crippen molar-refractivity contribution >= 4 is 28.5 Å². The first-order valence-corrected chi connectivity index (χ1v) is 12.2. The van der Waals surface area contributed by atoms with Gasteiger partial charge in [0.2, 0.25) is 0 Å².